The Morgan fingerprint density at radius 3 is 1.60 bits per heavy atom. The molecule has 10 heavy (non-hydrogen) atoms. The summed E-state index contributed by atoms with van der Waals surface area (Å²) >= 11 is 0. The first kappa shape index (κ1) is 6.58. The van der Waals surface area contributed by atoms with Gasteiger partial charge in [-0.25, -0.2) is 0 Å². The van der Waals surface area contributed by atoms with Crippen LogP contribution >= 0.6 is 0 Å². The number of nitrogens with zero attached hydrogens (tertiary/aromatic N) is 1. The standard InChI is InChI=1S/C7H15N3/c1-10(6-2-8-3-6)7-4-9-5-7/h6-9H,2-5H2,1H3. The highest BCUT2D eigenvalue weighted by molar-refractivity contribution is 4.91. The van der Waals surface area contributed by atoms with Crippen LogP contribution in [0.1, 0.15) is 0 Å². The highest BCUT2D eigenvalue weighted by Crippen LogP contribution is 2.09. The molecule has 0 aromatic rings. The Balaban J connectivity index is 1.79. The number of hydrogen-bond donors (Lipinski definition) is 2. The first-order chi connectivity index (χ1) is 4.88. The molecule has 3 heteroatoms. The molecule has 58 valence electrons. The van der Waals surface area contributed by atoms with Crippen LogP contribution in [0.2, 0.25) is 0 Å². The molecule has 2 N–H and O–H groups in total. The van der Waals surface area contributed by atoms with E-state index < -0.39 is 0 Å². The Morgan fingerprint density at radius 1 is 1.00 bits per heavy atom. The molecule has 0 atom stereocenters. The Bertz CT molecular complexity index is 104. The van der Waals surface area contributed by atoms with Gasteiger partial charge in [0.05, 0.1) is 0 Å². The summed E-state index contributed by atoms with van der Waals surface area (Å²) in [7, 11) is 2.23. The van der Waals surface area contributed by atoms with Crippen LogP contribution in [0.3, 0.4) is 0 Å². The van der Waals surface area contributed by atoms with Gasteiger partial charge in [-0.2, -0.15) is 0 Å². The van der Waals surface area contributed by atoms with Crippen molar-refractivity contribution in [1.29, 1.82) is 0 Å². The molecule has 0 amide bonds. The molecule has 0 unspecified atom stereocenters. The van der Waals surface area contributed by atoms with Crippen LogP contribution in [-0.4, -0.2) is 50.2 Å². The second-order valence-electron chi connectivity index (χ2n) is 3.29. The Labute approximate surface area is 61.8 Å². The van der Waals surface area contributed by atoms with Crippen molar-refractivity contribution >= 4 is 0 Å². The van der Waals surface area contributed by atoms with Gasteiger partial charge in [0.1, 0.15) is 0 Å². The molecule has 2 fully saturated rings. The molecule has 0 bridgehead atoms. The molecule has 0 saturated carbocycles. The van der Waals surface area contributed by atoms with Crippen molar-refractivity contribution in [2.24, 2.45) is 0 Å². The summed E-state index contributed by atoms with van der Waals surface area (Å²) in [6.07, 6.45) is 0. The van der Waals surface area contributed by atoms with E-state index in [0.29, 0.717) is 0 Å². The van der Waals surface area contributed by atoms with Gasteiger partial charge in [-0.1, -0.05) is 0 Å². The predicted molar refractivity (Wildman–Crippen MR) is 41.1 cm³/mol. The number of nitrogens with one attached hydrogen (secondary N) is 2. The first-order valence-corrected chi connectivity index (χ1v) is 4.01. The normalized spacial score (nSPS) is 28.2. The Kier molecular flexibility index (Phi) is 1.64. The van der Waals surface area contributed by atoms with Crippen LogP contribution in [0.5, 0.6) is 0 Å². The van der Waals surface area contributed by atoms with E-state index in [4.69, 9.17) is 0 Å². The number of rotatable bonds is 2. The van der Waals surface area contributed by atoms with Crippen molar-refractivity contribution in [1.82, 2.24) is 15.5 Å². The largest absolute Gasteiger partial charge is 0.314 e. The van der Waals surface area contributed by atoms with Gasteiger partial charge < -0.3 is 10.6 Å². The summed E-state index contributed by atoms with van der Waals surface area (Å²) in [6.45, 7) is 4.75. The number of likely N-dealkylation sites (N-methyl/N-ethyl adjacent to an activating group) is 1. The fraction of sp³-hybridized carbons (Fsp3) is 1.00. The summed E-state index contributed by atoms with van der Waals surface area (Å²) in [4.78, 5) is 2.49. The van der Waals surface area contributed by atoms with Gasteiger partial charge in [0.25, 0.3) is 0 Å². The zero-order valence-corrected chi connectivity index (χ0v) is 6.43. The predicted octanol–water partition coefficient (Wildman–Crippen LogP) is -1.14. The van der Waals surface area contributed by atoms with Gasteiger partial charge in [0, 0.05) is 38.3 Å². The smallest absolute Gasteiger partial charge is 0.0346 e. The van der Waals surface area contributed by atoms with Gasteiger partial charge in [0.2, 0.25) is 0 Å². The third kappa shape index (κ3) is 0.944. The second-order valence-corrected chi connectivity index (χ2v) is 3.29. The van der Waals surface area contributed by atoms with Crippen molar-refractivity contribution in [3.63, 3.8) is 0 Å². The van der Waals surface area contributed by atoms with E-state index in [9.17, 15) is 0 Å². The lowest BCUT2D eigenvalue weighted by molar-refractivity contribution is 0.0945. The van der Waals surface area contributed by atoms with Crippen LogP contribution in [0.4, 0.5) is 0 Å². The van der Waals surface area contributed by atoms with E-state index in [0.717, 1.165) is 12.1 Å². The summed E-state index contributed by atoms with van der Waals surface area (Å²) in [5.41, 5.74) is 0. The minimum atomic E-state index is 0.812. The molecule has 2 saturated heterocycles. The molecule has 2 aliphatic heterocycles. The van der Waals surface area contributed by atoms with E-state index >= 15 is 0 Å². The molecule has 0 aromatic carbocycles. The second kappa shape index (κ2) is 2.49. The van der Waals surface area contributed by atoms with E-state index in [2.05, 4.69) is 22.6 Å². The molecular formula is C7H15N3. The van der Waals surface area contributed by atoms with E-state index in [1.165, 1.54) is 26.2 Å². The summed E-state index contributed by atoms with van der Waals surface area (Å²) in [5.74, 6) is 0. The monoisotopic (exact) mass is 141 g/mol. The number of hydrogen-bond acceptors (Lipinski definition) is 3. The Hall–Kier alpha value is -0.120. The molecule has 0 radical (unpaired) electrons. The first-order valence-electron chi connectivity index (χ1n) is 4.01. The minimum Gasteiger partial charge on any atom is -0.314 e. The lowest BCUT2D eigenvalue weighted by atomic mass is 10.1. The van der Waals surface area contributed by atoms with Crippen LogP contribution in [0.25, 0.3) is 0 Å². The van der Waals surface area contributed by atoms with Crippen LogP contribution < -0.4 is 10.6 Å². The molecule has 0 spiro atoms. The van der Waals surface area contributed by atoms with Gasteiger partial charge >= 0.3 is 0 Å². The van der Waals surface area contributed by atoms with E-state index in [1.54, 1.807) is 0 Å². The third-order valence-electron chi connectivity index (χ3n) is 2.67. The molecule has 3 nitrogen and oxygen atoms in total. The van der Waals surface area contributed by atoms with Gasteiger partial charge in [-0.05, 0) is 7.05 Å². The Morgan fingerprint density at radius 2 is 1.40 bits per heavy atom. The quantitative estimate of drug-likeness (QED) is 0.509. The van der Waals surface area contributed by atoms with Crippen molar-refractivity contribution in [3.05, 3.63) is 0 Å². The van der Waals surface area contributed by atoms with Crippen LogP contribution in [0.15, 0.2) is 0 Å². The van der Waals surface area contributed by atoms with Gasteiger partial charge in [-0.15, -0.1) is 0 Å². The van der Waals surface area contributed by atoms with E-state index in [-0.39, 0.29) is 0 Å². The summed E-state index contributed by atoms with van der Waals surface area (Å²) < 4.78 is 0. The summed E-state index contributed by atoms with van der Waals surface area (Å²) in [5, 5.41) is 6.57. The maximum absolute atomic E-state index is 3.28. The molecule has 2 aliphatic rings. The van der Waals surface area contributed by atoms with Crippen molar-refractivity contribution in [2.45, 2.75) is 12.1 Å². The maximum Gasteiger partial charge on any atom is 0.0346 e. The zero-order valence-electron chi connectivity index (χ0n) is 6.43. The van der Waals surface area contributed by atoms with Crippen molar-refractivity contribution in [3.8, 4) is 0 Å². The van der Waals surface area contributed by atoms with Crippen molar-refractivity contribution < 1.29 is 0 Å². The lowest BCUT2D eigenvalue weighted by Crippen LogP contribution is -2.65. The fourth-order valence-corrected chi connectivity index (χ4v) is 1.42. The highest BCUT2D eigenvalue weighted by Gasteiger charge is 2.30. The third-order valence-corrected chi connectivity index (χ3v) is 2.67. The average molecular weight is 141 g/mol. The maximum atomic E-state index is 3.28. The van der Waals surface area contributed by atoms with Gasteiger partial charge in [0.15, 0.2) is 0 Å². The molecular weight excluding hydrogens is 126 g/mol. The minimum absolute atomic E-state index is 0.812. The topological polar surface area (TPSA) is 27.3 Å². The fourth-order valence-electron chi connectivity index (χ4n) is 1.42. The molecule has 2 rings (SSSR count). The lowest BCUT2D eigenvalue weighted by Gasteiger charge is -2.44. The molecule has 0 aromatic heterocycles. The summed E-state index contributed by atoms with van der Waals surface area (Å²) in [6, 6.07) is 1.62. The highest BCUT2D eigenvalue weighted by atomic mass is 15.3. The van der Waals surface area contributed by atoms with E-state index in [1.807, 2.05) is 0 Å². The molecule has 0 aliphatic carbocycles. The zero-order chi connectivity index (χ0) is 6.97. The van der Waals surface area contributed by atoms with Gasteiger partial charge in [-0.3, -0.25) is 4.90 Å². The van der Waals surface area contributed by atoms with Crippen molar-refractivity contribution in [2.75, 3.05) is 33.2 Å². The average Bonchev–Trinajstić information content (AvgIpc) is 1.52. The van der Waals surface area contributed by atoms with Crippen LogP contribution in [-0.2, 0) is 0 Å². The molecule has 2 heterocycles. The SMILES string of the molecule is CN(C1CNC1)C1CNC1. The van der Waals surface area contributed by atoms with Crippen LogP contribution in [0, 0.1) is 0 Å².